The summed E-state index contributed by atoms with van der Waals surface area (Å²) in [7, 11) is 0. The minimum atomic E-state index is 0.911. The molecule has 0 radical (unpaired) electrons. The molecule has 0 aromatic heterocycles. The van der Waals surface area contributed by atoms with Gasteiger partial charge in [-0.15, -0.1) is 0 Å². The summed E-state index contributed by atoms with van der Waals surface area (Å²) in [5.41, 5.74) is 0. The molecule has 1 aliphatic carbocycles. The predicted molar refractivity (Wildman–Crippen MR) is 50.0 cm³/mol. The van der Waals surface area contributed by atoms with Gasteiger partial charge >= 0.3 is 0 Å². The lowest BCUT2D eigenvalue weighted by atomic mass is 9.72. The van der Waals surface area contributed by atoms with Crippen LogP contribution in [0, 0.1) is 11.8 Å². The Labute approximate surface area is 74.9 Å². The Morgan fingerprint density at radius 1 is 0.917 bits per heavy atom. The molecule has 0 aromatic carbocycles. The van der Waals surface area contributed by atoms with Crippen molar-refractivity contribution in [3.05, 3.63) is 0 Å². The Morgan fingerprint density at radius 3 is 2.83 bits per heavy atom. The van der Waals surface area contributed by atoms with Crippen molar-refractivity contribution < 1.29 is 0 Å². The summed E-state index contributed by atoms with van der Waals surface area (Å²) in [6.45, 7) is 0. The van der Waals surface area contributed by atoms with E-state index in [1.807, 2.05) is 0 Å². The van der Waals surface area contributed by atoms with E-state index in [1.54, 1.807) is 6.42 Å². The van der Waals surface area contributed by atoms with Crippen LogP contribution in [0.2, 0.25) is 0 Å². The summed E-state index contributed by atoms with van der Waals surface area (Å²) >= 11 is 0. The lowest BCUT2D eigenvalue weighted by Crippen LogP contribution is -2.46. The standard InChI is InChI=1S/C11H19N/c1-2-4-10-8(3-1)7-9-5-6-11(10)12-9/h8-12H,1-7H2. The van der Waals surface area contributed by atoms with Crippen molar-refractivity contribution >= 4 is 0 Å². The summed E-state index contributed by atoms with van der Waals surface area (Å²) in [5, 5.41) is 3.79. The summed E-state index contributed by atoms with van der Waals surface area (Å²) < 4.78 is 0. The van der Waals surface area contributed by atoms with E-state index in [2.05, 4.69) is 5.32 Å². The largest absolute Gasteiger partial charge is 0.311 e. The van der Waals surface area contributed by atoms with Crippen LogP contribution < -0.4 is 5.32 Å². The quantitative estimate of drug-likeness (QED) is 0.581. The number of piperidine rings is 1. The molecule has 3 aliphatic rings. The minimum Gasteiger partial charge on any atom is -0.311 e. The van der Waals surface area contributed by atoms with Gasteiger partial charge in [0, 0.05) is 12.1 Å². The summed E-state index contributed by atoms with van der Waals surface area (Å²) in [4.78, 5) is 0. The molecular formula is C11H19N. The van der Waals surface area contributed by atoms with Crippen LogP contribution >= 0.6 is 0 Å². The first-order chi connectivity index (χ1) is 5.93. The van der Waals surface area contributed by atoms with Crippen molar-refractivity contribution in [2.75, 3.05) is 0 Å². The van der Waals surface area contributed by atoms with E-state index in [-0.39, 0.29) is 0 Å². The van der Waals surface area contributed by atoms with Gasteiger partial charge in [-0.05, 0) is 37.5 Å². The highest BCUT2D eigenvalue weighted by Crippen LogP contribution is 2.43. The van der Waals surface area contributed by atoms with Crippen LogP contribution in [0.5, 0.6) is 0 Å². The maximum absolute atomic E-state index is 3.79. The lowest BCUT2D eigenvalue weighted by Gasteiger charge is -2.40. The highest BCUT2D eigenvalue weighted by atomic mass is 15.0. The first kappa shape index (κ1) is 7.37. The molecular weight excluding hydrogens is 146 g/mol. The topological polar surface area (TPSA) is 12.0 Å². The maximum Gasteiger partial charge on any atom is 0.0101 e. The normalized spacial score (nSPS) is 52.0. The summed E-state index contributed by atoms with van der Waals surface area (Å²) in [6, 6.07) is 1.84. The van der Waals surface area contributed by atoms with Gasteiger partial charge in [0.25, 0.3) is 0 Å². The van der Waals surface area contributed by atoms with E-state index in [9.17, 15) is 0 Å². The van der Waals surface area contributed by atoms with Gasteiger partial charge < -0.3 is 5.32 Å². The first-order valence-electron chi connectivity index (χ1n) is 5.69. The van der Waals surface area contributed by atoms with Gasteiger partial charge in [0.15, 0.2) is 0 Å². The fourth-order valence-electron chi connectivity index (χ4n) is 3.80. The number of fused-ring (bicyclic) bond motifs is 4. The second-order valence-corrected chi connectivity index (χ2v) is 4.99. The van der Waals surface area contributed by atoms with E-state index in [1.165, 1.54) is 38.5 Å². The van der Waals surface area contributed by atoms with Crippen LogP contribution in [-0.4, -0.2) is 12.1 Å². The second kappa shape index (κ2) is 2.73. The third-order valence-corrected chi connectivity index (χ3v) is 4.35. The first-order valence-corrected chi connectivity index (χ1v) is 5.69. The monoisotopic (exact) mass is 165 g/mol. The molecule has 3 fully saturated rings. The number of nitrogens with one attached hydrogen (secondary N) is 1. The molecule has 0 aromatic rings. The van der Waals surface area contributed by atoms with Gasteiger partial charge in [-0.1, -0.05) is 19.3 Å². The van der Waals surface area contributed by atoms with E-state index < -0.39 is 0 Å². The molecule has 4 atom stereocenters. The van der Waals surface area contributed by atoms with Gasteiger partial charge in [-0.2, -0.15) is 0 Å². The Bertz CT molecular complexity index is 178. The highest BCUT2D eigenvalue weighted by molar-refractivity contribution is 4.98. The zero-order chi connectivity index (χ0) is 7.97. The van der Waals surface area contributed by atoms with Crippen molar-refractivity contribution in [3.8, 4) is 0 Å². The van der Waals surface area contributed by atoms with Crippen LogP contribution in [0.4, 0.5) is 0 Å². The van der Waals surface area contributed by atoms with Crippen molar-refractivity contribution in [1.29, 1.82) is 0 Å². The third kappa shape index (κ3) is 1.02. The average Bonchev–Trinajstić information content (AvgIpc) is 2.49. The van der Waals surface area contributed by atoms with E-state index in [4.69, 9.17) is 0 Å². The van der Waals surface area contributed by atoms with E-state index in [0.717, 1.165) is 23.9 Å². The smallest absolute Gasteiger partial charge is 0.0101 e. The van der Waals surface area contributed by atoms with Crippen molar-refractivity contribution in [2.24, 2.45) is 11.8 Å². The Morgan fingerprint density at radius 2 is 1.83 bits per heavy atom. The minimum absolute atomic E-state index is 0.911. The molecule has 0 spiro atoms. The number of rotatable bonds is 0. The molecule has 1 saturated carbocycles. The fourth-order valence-corrected chi connectivity index (χ4v) is 3.80. The van der Waals surface area contributed by atoms with Gasteiger partial charge in [0.1, 0.15) is 0 Å². The van der Waals surface area contributed by atoms with Crippen LogP contribution in [0.1, 0.15) is 44.9 Å². The summed E-state index contributed by atoms with van der Waals surface area (Å²) in [6.07, 6.45) is 10.5. The van der Waals surface area contributed by atoms with E-state index >= 15 is 0 Å². The van der Waals surface area contributed by atoms with Gasteiger partial charge in [-0.3, -0.25) is 0 Å². The molecule has 0 amide bonds. The van der Waals surface area contributed by atoms with Crippen LogP contribution in [0.3, 0.4) is 0 Å². The molecule has 1 nitrogen and oxygen atoms in total. The Hall–Kier alpha value is -0.0400. The SMILES string of the molecule is C1CCC2C(C1)CC1CCC2N1. The molecule has 1 N–H and O–H groups in total. The average molecular weight is 165 g/mol. The Kier molecular flexibility index (Phi) is 1.68. The molecule has 4 unspecified atom stereocenters. The molecule has 2 aliphatic heterocycles. The maximum atomic E-state index is 3.79. The van der Waals surface area contributed by atoms with Crippen molar-refractivity contribution in [2.45, 2.75) is 57.0 Å². The second-order valence-electron chi connectivity index (χ2n) is 4.99. The highest BCUT2D eigenvalue weighted by Gasteiger charge is 2.41. The number of hydrogen-bond donors (Lipinski definition) is 1. The van der Waals surface area contributed by atoms with E-state index in [0.29, 0.717) is 0 Å². The van der Waals surface area contributed by atoms with Crippen LogP contribution in [0.25, 0.3) is 0 Å². The Balaban J connectivity index is 1.80. The summed E-state index contributed by atoms with van der Waals surface area (Å²) in [5.74, 6) is 2.18. The molecule has 2 saturated heterocycles. The lowest BCUT2D eigenvalue weighted by molar-refractivity contribution is 0.138. The van der Waals surface area contributed by atoms with Crippen LogP contribution in [-0.2, 0) is 0 Å². The molecule has 3 rings (SSSR count). The van der Waals surface area contributed by atoms with Crippen molar-refractivity contribution in [3.63, 3.8) is 0 Å². The zero-order valence-corrected chi connectivity index (χ0v) is 7.76. The van der Waals surface area contributed by atoms with Crippen LogP contribution in [0.15, 0.2) is 0 Å². The van der Waals surface area contributed by atoms with Crippen molar-refractivity contribution in [1.82, 2.24) is 5.32 Å². The molecule has 68 valence electrons. The van der Waals surface area contributed by atoms with Gasteiger partial charge in [0.05, 0.1) is 0 Å². The molecule has 1 heteroatoms. The molecule has 2 bridgehead atoms. The zero-order valence-electron chi connectivity index (χ0n) is 7.76. The van der Waals surface area contributed by atoms with Gasteiger partial charge in [-0.25, -0.2) is 0 Å². The molecule has 12 heavy (non-hydrogen) atoms. The van der Waals surface area contributed by atoms with Gasteiger partial charge in [0.2, 0.25) is 0 Å². The molecule has 2 heterocycles. The third-order valence-electron chi connectivity index (χ3n) is 4.35. The fraction of sp³-hybridized carbons (Fsp3) is 1.00. The predicted octanol–water partition coefficient (Wildman–Crippen LogP) is 2.32. The number of hydrogen-bond acceptors (Lipinski definition) is 1.